The summed E-state index contributed by atoms with van der Waals surface area (Å²) in [5.41, 5.74) is 0.549. The number of rotatable bonds is 1. The fourth-order valence-corrected chi connectivity index (χ4v) is 2.21. The van der Waals surface area contributed by atoms with Crippen molar-refractivity contribution in [1.82, 2.24) is 4.90 Å². The predicted octanol–water partition coefficient (Wildman–Crippen LogP) is 2.48. The van der Waals surface area contributed by atoms with Crippen molar-refractivity contribution in [2.24, 2.45) is 0 Å². The van der Waals surface area contributed by atoms with E-state index in [1.54, 1.807) is 30.3 Å². The van der Waals surface area contributed by atoms with Gasteiger partial charge in [-0.05, 0) is 5.56 Å². The molecule has 1 amide bonds. The molecule has 102 valence electrons. The van der Waals surface area contributed by atoms with Crippen LogP contribution in [0.5, 0.6) is 0 Å². The molecule has 1 aliphatic heterocycles. The lowest BCUT2D eigenvalue weighted by atomic mass is 9.94. The second-order valence-corrected chi connectivity index (χ2v) is 4.42. The van der Waals surface area contributed by atoms with E-state index in [1.165, 1.54) is 0 Å². The molecule has 0 bridgehead atoms. The van der Waals surface area contributed by atoms with E-state index >= 15 is 0 Å². The molecule has 0 unspecified atom stereocenters. The summed E-state index contributed by atoms with van der Waals surface area (Å²) >= 11 is 0. The van der Waals surface area contributed by atoms with Gasteiger partial charge < -0.3 is 4.90 Å². The van der Waals surface area contributed by atoms with Gasteiger partial charge in [-0.1, -0.05) is 30.3 Å². The Hall–Kier alpha value is -1.85. The van der Waals surface area contributed by atoms with Crippen molar-refractivity contribution >= 4 is 11.7 Å². The van der Waals surface area contributed by atoms with E-state index in [4.69, 9.17) is 0 Å². The molecular weight excluding hydrogens is 259 g/mol. The van der Waals surface area contributed by atoms with Crippen LogP contribution in [-0.4, -0.2) is 29.3 Å². The number of benzene rings is 1. The minimum atomic E-state index is -4.91. The molecule has 1 aromatic carbocycles. The van der Waals surface area contributed by atoms with E-state index in [0.717, 1.165) is 4.90 Å². The number of hydrogen-bond donors (Lipinski definition) is 0. The van der Waals surface area contributed by atoms with Gasteiger partial charge in [0.1, 0.15) is 5.78 Å². The van der Waals surface area contributed by atoms with Gasteiger partial charge in [-0.15, -0.1) is 0 Å². The third kappa shape index (κ3) is 2.94. The highest BCUT2D eigenvalue weighted by Crippen LogP contribution is 2.32. The summed E-state index contributed by atoms with van der Waals surface area (Å²) in [5, 5.41) is 0. The monoisotopic (exact) mass is 271 g/mol. The number of alkyl halides is 3. The van der Waals surface area contributed by atoms with Crippen molar-refractivity contribution in [2.45, 2.75) is 25.1 Å². The van der Waals surface area contributed by atoms with Gasteiger partial charge in [-0.3, -0.25) is 9.59 Å². The molecule has 1 aliphatic rings. The van der Waals surface area contributed by atoms with Crippen molar-refractivity contribution in [1.29, 1.82) is 0 Å². The van der Waals surface area contributed by atoms with Crippen LogP contribution in [0.15, 0.2) is 30.3 Å². The van der Waals surface area contributed by atoms with E-state index in [-0.39, 0.29) is 25.2 Å². The summed E-state index contributed by atoms with van der Waals surface area (Å²) < 4.78 is 37.6. The fraction of sp³-hybridized carbons (Fsp3) is 0.385. The third-order valence-electron chi connectivity index (χ3n) is 3.12. The van der Waals surface area contributed by atoms with Crippen LogP contribution in [0.25, 0.3) is 0 Å². The first kappa shape index (κ1) is 13.6. The van der Waals surface area contributed by atoms with E-state index in [9.17, 15) is 22.8 Å². The number of carbonyl (C=O) groups excluding carboxylic acids is 2. The first-order valence-electron chi connectivity index (χ1n) is 5.84. The van der Waals surface area contributed by atoms with Crippen LogP contribution in [-0.2, 0) is 9.59 Å². The zero-order chi connectivity index (χ0) is 14.0. The number of ketones is 1. The molecule has 1 saturated heterocycles. The first-order chi connectivity index (χ1) is 8.89. The Balaban J connectivity index is 2.30. The normalized spacial score (nSPS) is 20.5. The number of amides is 1. The molecule has 0 radical (unpaired) electrons. The number of likely N-dealkylation sites (tertiary alicyclic amines) is 1. The number of hydrogen-bond acceptors (Lipinski definition) is 2. The van der Waals surface area contributed by atoms with Crippen LogP contribution in [0, 0.1) is 0 Å². The molecule has 0 spiro atoms. The van der Waals surface area contributed by atoms with Crippen molar-refractivity contribution in [3.8, 4) is 0 Å². The molecule has 2 rings (SSSR count). The molecule has 1 fully saturated rings. The second-order valence-electron chi connectivity index (χ2n) is 4.42. The Kier molecular flexibility index (Phi) is 3.59. The molecular formula is C13H12F3NO2. The van der Waals surface area contributed by atoms with Crippen LogP contribution in [0.1, 0.15) is 24.4 Å². The predicted molar refractivity (Wildman–Crippen MR) is 61.2 cm³/mol. The summed E-state index contributed by atoms with van der Waals surface area (Å²) in [4.78, 5) is 23.6. The summed E-state index contributed by atoms with van der Waals surface area (Å²) in [7, 11) is 0. The van der Waals surface area contributed by atoms with Crippen LogP contribution in [0.4, 0.5) is 13.2 Å². The van der Waals surface area contributed by atoms with Crippen molar-refractivity contribution < 1.29 is 22.8 Å². The summed E-state index contributed by atoms with van der Waals surface area (Å²) in [6, 6.07) is 7.50. The van der Waals surface area contributed by atoms with Crippen molar-refractivity contribution in [3.63, 3.8) is 0 Å². The van der Waals surface area contributed by atoms with E-state index in [0.29, 0.717) is 5.56 Å². The lowest BCUT2D eigenvalue weighted by Gasteiger charge is -2.35. The quantitative estimate of drug-likeness (QED) is 0.787. The van der Waals surface area contributed by atoms with E-state index in [1.807, 2.05) is 0 Å². The molecule has 1 atom stereocenters. The first-order valence-corrected chi connectivity index (χ1v) is 5.84. The highest BCUT2D eigenvalue weighted by atomic mass is 19.4. The Morgan fingerprint density at radius 3 is 2.42 bits per heavy atom. The smallest absolute Gasteiger partial charge is 0.327 e. The van der Waals surface area contributed by atoms with Crippen LogP contribution < -0.4 is 0 Å². The number of halogens is 3. The maximum absolute atomic E-state index is 12.5. The average Bonchev–Trinajstić information content (AvgIpc) is 2.38. The van der Waals surface area contributed by atoms with E-state index < -0.39 is 18.1 Å². The zero-order valence-corrected chi connectivity index (χ0v) is 9.98. The Morgan fingerprint density at radius 1 is 1.21 bits per heavy atom. The van der Waals surface area contributed by atoms with Gasteiger partial charge in [0.25, 0.3) is 0 Å². The minimum Gasteiger partial charge on any atom is -0.327 e. The summed E-state index contributed by atoms with van der Waals surface area (Å²) in [5.74, 6) is -2.01. The highest BCUT2D eigenvalue weighted by Gasteiger charge is 2.46. The number of carbonyl (C=O) groups is 2. The molecule has 1 aromatic rings. The maximum Gasteiger partial charge on any atom is 0.471 e. The zero-order valence-electron chi connectivity index (χ0n) is 9.98. The minimum absolute atomic E-state index is 0.0227. The molecule has 0 aromatic heterocycles. The van der Waals surface area contributed by atoms with Gasteiger partial charge in [0.05, 0.1) is 6.04 Å². The van der Waals surface area contributed by atoms with Gasteiger partial charge in [0, 0.05) is 19.4 Å². The SMILES string of the molecule is O=C1CCN(C(=O)C(F)(F)F)[C@H](c2ccccc2)C1. The third-order valence-corrected chi connectivity index (χ3v) is 3.12. The standard InChI is InChI=1S/C13H12F3NO2/c14-13(15,16)12(19)17-7-6-10(18)8-11(17)9-4-2-1-3-5-9/h1-5,11H,6-8H2/t11-/m0/s1. The van der Waals surface area contributed by atoms with Crippen molar-refractivity contribution in [2.75, 3.05) is 6.54 Å². The Labute approximate surface area is 108 Å². The maximum atomic E-state index is 12.5. The molecule has 0 saturated carbocycles. The summed E-state index contributed by atoms with van der Waals surface area (Å²) in [6.07, 6.45) is -5.00. The van der Waals surface area contributed by atoms with Gasteiger partial charge in [-0.25, -0.2) is 0 Å². The molecule has 0 aliphatic carbocycles. The molecule has 1 heterocycles. The topological polar surface area (TPSA) is 37.4 Å². The summed E-state index contributed by atoms with van der Waals surface area (Å²) in [6.45, 7) is -0.184. The number of nitrogens with zero attached hydrogens (tertiary/aromatic N) is 1. The molecule has 19 heavy (non-hydrogen) atoms. The molecule has 6 heteroatoms. The second kappa shape index (κ2) is 5.03. The van der Waals surface area contributed by atoms with Crippen LogP contribution in [0.2, 0.25) is 0 Å². The molecule has 3 nitrogen and oxygen atoms in total. The Morgan fingerprint density at radius 2 is 1.84 bits per heavy atom. The Bertz CT molecular complexity index is 484. The number of Topliss-reactive ketones (excluding diaryl/α,β-unsaturated/α-hetero) is 1. The van der Waals surface area contributed by atoms with Gasteiger partial charge in [0.2, 0.25) is 0 Å². The molecule has 0 N–H and O–H groups in total. The van der Waals surface area contributed by atoms with E-state index in [2.05, 4.69) is 0 Å². The lowest BCUT2D eigenvalue weighted by Crippen LogP contribution is -2.47. The van der Waals surface area contributed by atoms with Crippen LogP contribution >= 0.6 is 0 Å². The fourth-order valence-electron chi connectivity index (χ4n) is 2.21. The largest absolute Gasteiger partial charge is 0.471 e. The van der Waals surface area contributed by atoms with Gasteiger partial charge in [-0.2, -0.15) is 13.2 Å². The van der Waals surface area contributed by atoms with Gasteiger partial charge >= 0.3 is 12.1 Å². The number of piperidine rings is 1. The van der Waals surface area contributed by atoms with Crippen LogP contribution in [0.3, 0.4) is 0 Å². The van der Waals surface area contributed by atoms with Crippen molar-refractivity contribution in [3.05, 3.63) is 35.9 Å². The van der Waals surface area contributed by atoms with Gasteiger partial charge in [0.15, 0.2) is 0 Å². The highest BCUT2D eigenvalue weighted by molar-refractivity contribution is 5.87. The lowest BCUT2D eigenvalue weighted by molar-refractivity contribution is -0.189. The average molecular weight is 271 g/mol.